The van der Waals surface area contributed by atoms with Crippen molar-refractivity contribution in [3.05, 3.63) is 16.4 Å². The standard InChI is InChI=1S/C13H19ClN4/c1-4-16-13(8-15)6-5-11(7-13)18-10(3)12(14)9(2)17-18/h11,16H,4-7H2,1-3H3. The Kier molecular flexibility index (Phi) is 3.65. The molecule has 0 spiro atoms. The van der Waals surface area contributed by atoms with Crippen molar-refractivity contribution >= 4 is 11.6 Å². The third-order valence-electron chi connectivity index (χ3n) is 3.80. The van der Waals surface area contributed by atoms with E-state index < -0.39 is 5.54 Å². The zero-order valence-corrected chi connectivity index (χ0v) is 11.9. The lowest BCUT2D eigenvalue weighted by Gasteiger charge is -2.22. The summed E-state index contributed by atoms with van der Waals surface area (Å²) >= 11 is 6.18. The van der Waals surface area contributed by atoms with Gasteiger partial charge < -0.3 is 0 Å². The molecular formula is C13H19ClN4. The van der Waals surface area contributed by atoms with E-state index in [-0.39, 0.29) is 6.04 Å². The number of hydrogen-bond donors (Lipinski definition) is 1. The smallest absolute Gasteiger partial charge is 0.108 e. The molecule has 0 aromatic carbocycles. The first-order valence-electron chi connectivity index (χ1n) is 6.40. The molecule has 5 heteroatoms. The minimum absolute atomic E-state index is 0.273. The molecule has 1 aromatic rings. The van der Waals surface area contributed by atoms with Crippen LogP contribution in [0, 0.1) is 25.2 Å². The predicted molar refractivity (Wildman–Crippen MR) is 71.6 cm³/mol. The number of nitriles is 1. The summed E-state index contributed by atoms with van der Waals surface area (Å²) in [6, 6.07) is 2.71. The number of halogens is 1. The van der Waals surface area contributed by atoms with E-state index >= 15 is 0 Å². The average Bonchev–Trinajstić information content (AvgIpc) is 2.88. The van der Waals surface area contributed by atoms with Gasteiger partial charge in [-0.2, -0.15) is 10.4 Å². The molecule has 1 N–H and O–H groups in total. The zero-order chi connectivity index (χ0) is 13.3. The van der Waals surface area contributed by atoms with Gasteiger partial charge in [0.1, 0.15) is 5.54 Å². The van der Waals surface area contributed by atoms with E-state index in [1.807, 2.05) is 25.5 Å². The van der Waals surface area contributed by atoms with Crippen molar-refractivity contribution in [1.29, 1.82) is 5.26 Å². The van der Waals surface area contributed by atoms with Gasteiger partial charge in [-0.1, -0.05) is 18.5 Å². The molecule has 1 aliphatic rings. The van der Waals surface area contributed by atoms with Crippen LogP contribution in [0.1, 0.15) is 43.6 Å². The number of hydrogen-bond acceptors (Lipinski definition) is 3. The highest BCUT2D eigenvalue weighted by atomic mass is 35.5. The van der Waals surface area contributed by atoms with Crippen LogP contribution >= 0.6 is 11.6 Å². The maximum absolute atomic E-state index is 9.37. The van der Waals surface area contributed by atoms with Crippen LogP contribution in [0.25, 0.3) is 0 Å². The molecule has 98 valence electrons. The summed E-state index contributed by atoms with van der Waals surface area (Å²) < 4.78 is 1.99. The van der Waals surface area contributed by atoms with E-state index in [1.165, 1.54) is 0 Å². The van der Waals surface area contributed by atoms with Crippen molar-refractivity contribution in [2.45, 2.75) is 51.6 Å². The summed E-state index contributed by atoms with van der Waals surface area (Å²) in [6.45, 7) is 6.76. The molecule has 2 rings (SSSR count). The second-order valence-corrected chi connectivity index (χ2v) is 5.43. The van der Waals surface area contributed by atoms with E-state index in [2.05, 4.69) is 16.5 Å². The Balaban J connectivity index is 2.23. The molecular weight excluding hydrogens is 248 g/mol. The lowest BCUT2D eigenvalue weighted by atomic mass is 9.99. The van der Waals surface area contributed by atoms with Gasteiger partial charge in [0.2, 0.25) is 0 Å². The van der Waals surface area contributed by atoms with Crippen LogP contribution in [0.4, 0.5) is 0 Å². The van der Waals surface area contributed by atoms with Crippen LogP contribution in [0.5, 0.6) is 0 Å². The molecule has 0 bridgehead atoms. The molecule has 2 unspecified atom stereocenters. The highest BCUT2D eigenvalue weighted by molar-refractivity contribution is 6.31. The fraction of sp³-hybridized carbons (Fsp3) is 0.692. The molecule has 0 radical (unpaired) electrons. The lowest BCUT2D eigenvalue weighted by Crippen LogP contribution is -2.41. The van der Waals surface area contributed by atoms with Gasteiger partial charge in [-0.3, -0.25) is 10.00 Å². The fourth-order valence-corrected chi connectivity index (χ4v) is 2.99. The Morgan fingerprint density at radius 3 is 2.83 bits per heavy atom. The lowest BCUT2D eigenvalue weighted by molar-refractivity contribution is 0.391. The van der Waals surface area contributed by atoms with E-state index in [9.17, 15) is 5.26 Å². The van der Waals surface area contributed by atoms with Gasteiger partial charge in [0.25, 0.3) is 0 Å². The first-order valence-corrected chi connectivity index (χ1v) is 6.78. The van der Waals surface area contributed by atoms with Gasteiger partial charge in [-0.15, -0.1) is 0 Å². The minimum atomic E-state index is -0.391. The van der Waals surface area contributed by atoms with E-state index in [4.69, 9.17) is 11.6 Å². The SMILES string of the molecule is CCNC1(C#N)CCC(n2nc(C)c(Cl)c2C)C1. The van der Waals surface area contributed by atoms with Gasteiger partial charge in [0.15, 0.2) is 0 Å². The van der Waals surface area contributed by atoms with Crippen LogP contribution in [-0.4, -0.2) is 21.9 Å². The molecule has 0 saturated heterocycles. The first kappa shape index (κ1) is 13.4. The summed E-state index contributed by atoms with van der Waals surface area (Å²) in [6.07, 6.45) is 2.65. The number of aromatic nitrogens is 2. The van der Waals surface area contributed by atoms with E-state index in [0.29, 0.717) is 0 Å². The van der Waals surface area contributed by atoms with Crippen molar-refractivity contribution in [2.75, 3.05) is 6.54 Å². The number of aryl methyl sites for hydroxylation is 1. The van der Waals surface area contributed by atoms with Crippen LogP contribution in [-0.2, 0) is 0 Å². The average molecular weight is 267 g/mol. The molecule has 18 heavy (non-hydrogen) atoms. The molecule has 1 saturated carbocycles. The topological polar surface area (TPSA) is 53.6 Å². The van der Waals surface area contributed by atoms with Gasteiger partial charge in [-0.05, 0) is 33.2 Å². The van der Waals surface area contributed by atoms with Crippen molar-refractivity contribution < 1.29 is 0 Å². The molecule has 0 aliphatic heterocycles. The Labute approximate surface area is 113 Å². The zero-order valence-electron chi connectivity index (χ0n) is 11.1. The van der Waals surface area contributed by atoms with Crippen LogP contribution in [0.2, 0.25) is 5.02 Å². The molecule has 1 aliphatic carbocycles. The van der Waals surface area contributed by atoms with Crippen molar-refractivity contribution in [1.82, 2.24) is 15.1 Å². The van der Waals surface area contributed by atoms with Crippen LogP contribution in [0.15, 0.2) is 0 Å². The molecule has 2 atom stereocenters. The van der Waals surface area contributed by atoms with Crippen molar-refractivity contribution in [3.63, 3.8) is 0 Å². The molecule has 1 aromatic heterocycles. The minimum Gasteiger partial charge on any atom is -0.300 e. The predicted octanol–water partition coefficient (Wildman–Crippen LogP) is 2.75. The Hall–Kier alpha value is -1.05. The van der Waals surface area contributed by atoms with Crippen molar-refractivity contribution in [2.24, 2.45) is 0 Å². The van der Waals surface area contributed by atoms with Gasteiger partial charge in [0.05, 0.1) is 28.5 Å². The Morgan fingerprint density at radius 1 is 1.61 bits per heavy atom. The van der Waals surface area contributed by atoms with Crippen LogP contribution < -0.4 is 5.32 Å². The van der Waals surface area contributed by atoms with Gasteiger partial charge in [0, 0.05) is 6.42 Å². The summed E-state index contributed by atoms with van der Waals surface area (Å²) in [4.78, 5) is 0. The second-order valence-electron chi connectivity index (χ2n) is 5.05. The fourth-order valence-electron chi connectivity index (χ4n) is 2.87. The quantitative estimate of drug-likeness (QED) is 0.915. The highest BCUT2D eigenvalue weighted by Gasteiger charge is 2.40. The molecule has 0 amide bonds. The number of rotatable bonds is 3. The first-order chi connectivity index (χ1) is 8.53. The van der Waals surface area contributed by atoms with Gasteiger partial charge in [-0.25, -0.2) is 0 Å². The molecule has 1 heterocycles. The molecule has 1 fully saturated rings. The largest absolute Gasteiger partial charge is 0.300 e. The maximum Gasteiger partial charge on any atom is 0.108 e. The summed E-state index contributed by atoms with van der Waals surface area (Å²) in [5, 5.41) is 17.9. The Bertz CT molecular complexity index is 488. The second kappa shape index (κ2) is 4.91. The summed E-state index contributed by atoms with van der Waals surface area (Å²) in [7, 11) is 0. The van der Waals surface area contributed by atoms with E-state index in [1.54, 1.807) is 0 Å². The highest BCUT2D eigenvalue weighted by Crippen LogP contribution is 2.38. The number of nitrogens with one attached hydrogen (secondary N) is 1. The summed E-state index contributed by atoms with van der Waals surface area (Å²) in [5.41, 5.74) is 1.48. The Morgan fingerprint density at radius 2 is 2.33 bits per heavy atom. The normalized spacial score (nSPS) is 27.4. The third-order valence-corrected chi connectivity index (χ3v) is 4.35. The van der Waals surface area contributed by atoms with Crippen LogP contribution in [0.3, 0.4) is 0 Å². The summed E-state index contributed by atoms with van der Waals surface area (Å²) in [5.74, 6) is 0. The molecule has 4 nitrogen and oxygen atoms in total. The third kappa shape index (κ3) is 2.13. The van der Waals surface area contributed by atoms with Crippen molar-refractivity contribution in [3.8, 4) is 6.07 Å². The van der Waals surface area contributed by atoms with E-state index in [0.717, 1.165) is 42.2 Å². The monoisotopic (exact) mass is 266 g/mol. The number of nitrogens with zero attached hydrogens (tertiary/aromatic N) is 3. The maximum atomic E-state index is 9.37. The van der Waals surface area contributed by atoms with Gasteiger partial charge >= 0.3 is 0 Å².